The molecular weight excluding hydrogens is 312 g/mol. The molecule has 0 spiro atoms. The quantitative estimate of drug-likeness (QED) is 0.783. The smallest absolute Gasteiger partial charge is 0.338 e. The molecule has 2 atom stereocenters. The second kappa shape index (κ2) is 5.85. The van der Waals surface area contributed by atoms with Crippen molar-refractivity contribution in [3.8, 4) is 0 Å². The van der Waals surface area contributed by atoms with Crippen molar-refractivity contribution in [2.75, 3.05) is 7.11 Å². The van der Waals surface area contributed by atoms with Crippen molar-refractivity contribution in [2.45, 2.75) is 32.1 Å². The van der Waals surface area contributed by atoms with Gasteiger partial charge in [0.25, 0.3) is 0 Å². The van der Waals surface area contributed by atoms with Gasteiger partial charge in [-0.05, 0) is 26.3 Å². The summed E-state index contributed by atoms with van der Waals surface area (Å²) in [6.07, 6.45) is 0. The van der Waals surface area contributed by atoms with Crippen LogP contribution in [-0.4, -0.2) is 34.3 Å². The van der Waals surface area contributed by atoms with Crippen molar-refractivity contribution < 1.29 is 14.3 Å². The number of rotatable bonds is 2. The lowest BCUT2D eigenvalue weighted by Crippen LogP contribution is -2.40. The number of carbonyl (C=O) groups excluding carboxylic acids is 2. The van der Waals surface area contributed by atoms with Crippen molar-refractivity contribution in [1.82, 2.24) is 4.90 Å². The first kappa shape index (κ1) is 15.8. The summed E-state index contributed by atoms with van der Waals surface area (Å²) in [4.78, 5) is 31.0. The van der Waals surface area contributed by atoms with Crippen molar-refractivity contribution in [1.29, 1.82) is 0 Å². The van der Waals surface area contributed by atoms with Crippen molar-refractivity contribution >= 4 is 28.8 Å². The number of allylic oxidation sites excluding steroid dienone is 1. The monoisotopic (exact) mass is 330 g/mol. The van der Waals surface area contributed by atoms with Gasteiger partial charge in [-0.1, -0.05) is 41.6 Å². The van der Waals surface area contributed by atoms with Gasteiger partial charge in [0.05, 0.1) is 29.7 Å². The molecule has 23 heavy (non-hydrogen) atoms. The maximum atomic E-state index is 12.6. The second-order valence-electron chi connectivity index (χ2n) is 5.67. The highest BCUT2D eigenvalue weighted by atomic mass is 32.2. The van der Waals surface area contributed by atoms with E-state index in [-0.39, 0.29) is 11.2 Å². The SMILES string of the molecule is COC(=O)C1=C(C)N=C2S[C@H](C)C(=O)N2[C@@H]1c1ccc(C)cc1. The molecule has 1 saturated heterocycles. The average molecular weight is 330 g/mol. The van der Waals surface area contributed by atoms with Crippen LogP contribution in [0.5, 0.6) is 0 Å². The molecule has 6 heteroatoms. The summed E-state index contributed by atoms with van der Waals surface area (Å²) in [6.45, 7) is 5.64. The van der Waals surface area contributed by atoms with Crippen molar-refractivity contribution in [3.05, 3.63) is 46.7 Å². The Morgan fingerprint density at radius 2 is 1.91 bits per heavy atom. The Hall–Kier alpha value is -2.08. The minimum atomic E-state index is -0.486. The number of carbonyl (C=O) groups is 2. The summed E-state index contributed by atoms with van der Waals surface area (Å²) >= 11 is 1.42. The third-order valence-corrected chi connectivity index (χ3v) is 5.11. The number of ether oxygens (including phenoxy) is 1. The van der Waals surface area contributed by atoms with E-state index >= 15 is 0 Å². The van der Waals surface area contributed by atoms with Crippen LogP contribution in [0.3, 0.4) is 0 Å². The van der Waals surface area contributed by atoms with Crippen LogP contribution in [0.1, 0.15) is 31.0 Å². The zero-order valence-corrected chi connectivity index (χ0v) is 14.3. The molecule has 0 saturated carbocycles. The van der Waals surface area contributed by atoms with E-state index in [1.807, 2.05) is 38.1 Å². The maximum Gasteiger partial charge on any atom is 0.338 e. The number of methoxy groups -OCH3 is 1. The van der Waals surface area contributed by atoms with Crippen LogP contribution in [0.25, 0.3) is 0 Å². The van der Waals surface area contributed by atoms with Crippen LogP contribution in [-0.2, 0) is 14.3 Å². The molecule has 2 heterocycles. The van der Waals surface area contributed by atoms with E-state index in [1.54, 1.807) is 11.8 Å². The molecule has 2 aliphatic rings. The second-order valence-corrected chi connectivity index (χ2v) is 6.97. The van der Waals surface area contributed by atoms with Crippen LogP contribution >= 0.6 is 11.8 Å². The molecule has 3 rings (SSSR count). The summed E-state index contributed by atoms with van der Waals surface area (Å²) in [5.41, 5.74) is 3.02. The number of aliphatic imine (C=N–C) groups is 1. The van der Waals surface area contributed by atoms with Gasteiger partial charge in [0, 0.05) is 0 Å². The molecule has 1 fully saturated rings. The van der Waals surface area contributed by atoms with Crippen LogP contribution in [0, 0.1) is 6.92 Å². The third-order valence-electron chi connectivity index (χ3n) is 4.06. The van der Waals surface area contributed by atoms with Gasteiger partial charge in [-0.25, -0.2) is 9.79 Å². The molecule has 1 amide bonds. The predicted octanol–water partition coefficient (Wildman–Crippen LogP) is 2.82. The first-order chi connectivity index (χ1) is 10.9. The highest BCUT2D eigenvalue weighted by Gasteiger charge is 2.46. The molecule has 1 aromatic carbocycles. The number of thioether (sulfide) groups is 1. The van der Waals surface area contributed by atoms with E-state index in [1.165, 1.54) is 18.9 Å². The molecule has 5 nitrogen and oxygen atoms in total. The summed E-state index contributed by atoms with van der Waals surface area (Å²) in [5.74, 6) is -0.485. The fraction of sp³-hybridized carbons (Fsp3) is 0.353. The molecule has 0 aliphatic carbocycles. The molecule has 1 aromatic rings. The normalized spacial score (nSPS) is 23.7. The zero-order valence-electron chi connectivity index (χ0n) is 13.5. The first-order valence-corrected chi connectivity index (χ1v) is 8.26. The standard InChI is InChI=1S/C17H18N2O3S/c1-9-5-7-12(8-6-9)14-13(16(21)22-4)10(2)18-17-19(14)15(20)11(3)23-17/h5-8,11,14H,1-4H3/t11-,14-/m1/s1. The number of hydrogen-bond donors (Lipinski definition) is 0. The zero-order chi connectivity index (χ0) is 16.7. The number of amidine groups is 1. The van der Waals surface area contributed by atoms with Crippen LogP contribution in [0.4, 0.5) is 0 Å². The van der Waals surface area contributed by atoms with E-state index in [2.05, 4.69) is 4.99 Å². The molecule has 0 aromatic heterocycles. The topological polar surface area (TPSA) is 59.0 Å². The van der Waals surface area contributed by atoms with Gasteiger partial charge < -0.3 is 4.74 Å². The van der Waals surface area contributed by atoms with E-state index < -0.39 is 12.0 Å². The Kier molecular flexibility index (Phi) is 4.02. The Morgan fingerprint density at radius 3 is 2.52 bits per heavy atom. The van der Waals surface area contributed by atoms with Crippen molar-refractivity contribution in [2.24, 2.45) is 4.99 Å². The Balaban J connectivity index is 2.17. The maximum absolute atomic E-state index is 12.6. The number of nitrogens with zero attached hydrogens (tertiary/aromatic N) is 2. The lowest BCUT2D eigenvalue weighted by atomic mass is 9.94. The molecule has 0 radical (unpaired) electrons. The van der Waals surface area contributed by atoms with Gasteiger partial charge >= 0.3 is 5.97 Å². The number of esters is 1. The lowest BCUT2D eigenvalue weighted by molar-refractivity contribution is -0.137. The fourth-order valence-corrected chi connectivity index (χ4v) is 3.87. The van der Waals surface area contributed by atoms with Crippen LogP contribution in [0.2, 0.25) is 0 Å². The molecule has 0 bridgehead atoms. The number of benzene rings is 1. The van der Waals surface area contributed by atoms with Gasteiger partial charge in [0.15, 0.2) is 5.17 Å². The van der Waals surface area contributed by atoms with Gasteiger partial charge in [-0.2, -0.15) is 0 Å². The van der Waals surface area contributed by atoms with E-state index in [0.717, 1.165) is 11.1 Å². The van der Waals surface area contributed by atoms with Gasteiger partial charge in [-0.15, -0.1) is 0 Å². The third kappa shape index (κ3) is 2.57. The minimum Gasteiger partial charge on any atom is -0.466 e. The van der Waals surface area contributed by atoms with E-state index in [4.69, 9.17) is 4.74 Å². The first-order valence-electron chi connectivity index (χ1n) is 7.38. The molecular formula is C17H18N2O3S. The van der Waals surface area contributed by atoms with E-state index in [9.17, 15) is 9.59 Å². The summed E-state index contributed by atoms with van der Waals surface area (Å²) in [6, 6.07) is 7.35. The van der Waals surface area contributed by atoms with Crippen LogP contribution < -0.4 is 0 Å². The van der Waals surface area contributed by atoms with Crippen molar-refractivity contribution in [3.63, 3.8) is 0 Å². The van der Waals surface area contributed by atoms with E-state index in [0.29, 0.717) is 16.4 Å². The number of aryl methyl sites for hydroxylation is 1. The Morgan fingerprint density at radius 1 is 1.26 bits per heavy atom. The molecule has 0 unspecified atom stereocenters. The Labute approximate surface area is 139 Å². The average Bonchev–Trinajstić information content (AvgIpc) is 2.80. The minimum absolute atomic E-state index is 0.0340. The fourth-order valence-electron chi connectivity index (χ4n) is 2.84. The molecule has 2 aliphatic heterocycles. The van der Waals surface area contributed by atoms with Gasteiger partial charge in [0.2, 0.25) is 5.91 Å². The predicted molar refractivity (Wildman–Crippen MR) is 90.0 cm³/mol. The molecule has 120 valence electrons. The molecule has 0 N–H and O–H groups in total. The summed E-state index contributed by atoms with van der Waals surface area (Å²) < 4.78 is 4.94. The lowest BCUT2D eigenvalue weighted by Gasteiger charge is -2.32. The summed E-state index contributed by atoms with van der Waals surface area (Å²) in [5, 5.41) is 0.449. The van der Waals surface area contributed by atoms with Crippen LogP contribution in [0.15, 0.2) is 40.5 Å². The Bertz CT molecular complexity index is 737. The van der Waals surface area contributed by atoms with Gasteiger partial charge in [-0.3, -0.25) is 9.69 Å². The van der Waals surface area contributed by atoms with Gasteiger partial charge in [0.1, 0.15) is 0 Å². The number of amides is 1. The highest BCUT2D eigenvalue weighted by Crippen LogP contribution is 2.43. The highest BCUT2D eigenvalue weighted by molar-refractivity contribution is 8.15. The summed E-state index contributed by atoms with van der Waals surface area (Å²) in [7, 11) is 1.34. The largest absolute Gasteiger partial charge is 0.466 e. The number of hydrogen-bond acceptors (Lipinski definition) is 5. The number of fused-ring (bicyclic) bond motifs is 1.